The van der Waals surface area contributed by atoms with Crippen molar-refractivity contribution in [2.75, 3.05) is 46.1 Å². The number of benzene rings is 1. The smallest absolute Gasteiger partial charge is 0.409 e. The molecule has 10 heteroatoms. The number of alkyl halides is 2. The normalized spacial score (nSPS) is 12.8. The molecule has 0 radical (unpaired) electrons. The number of hydrogen-bond acceptors (Lipinski definition) is 6. The number of amides is 1. The average Bonchev–Trinajstić information content (AvgIpc) is 2.79. The lowest BCUT2D eigenvalue weighted by Crippen LogP contribution is -2.39. The van der Waals surface area contributed by atoms with E-state index in [1.165, 1.54) is 11.8 Å². The summed E-state index contributed by atoms with van der Waals surface area (Å²) >= 11 is 0. The van der Waals surface area contributed by atoms with Crippen LogP contribution in [0, 0.1) is 5.41 Å². The zero-order valence-electron chi connectivity index (χ0n) is 21.4. The topological polar surface area (TPSA) is 94.5 Å². The minimum Gasteiger partial charge on any atom is -0.492 e. The van der Waals surface area contributed by atoms with Crippen molar-refractivity contribution in [2.45, 2.75) is 59.5 Å². The molecule has 0 saturated heterocycles. The van der Waals surface area contributed by atoms with E-state index in [0.29, 0.717) is 12.4 Å². The van der Waals surface area contributed by atoms with E-state index < -0.39 is 30.7 Å². The van der Waals surface area contributed by atoms with Crippen LogP contribution >= 0.6 is 0 Å². The second-order valence-electron chi connectivity index (χ2n) is 9.34. The van der Waals surface area contributed by atoms with Crippen molar-refractivity contribution in [1.82, 2.24) is 4.90 Å². The van der Waals surface area contributed by atoms with E-state index in [0.717, 1.165) is 5.56 Å². The largest absolute Gasteiger partial charge is 0.492 e. The van der Waals surface area contributed by atoms with Gasteiger partial charge in [0.05, 0.1) is 19.8 Å². The monoisotopic (exact) mass is 503 g/mol. The van der Waals surface area contributed by atoms with Crippen LogP contribution in [0.25, 0.3) is 0 Å². The number of aliphatic carboxylic acids is 1. The van der Waals surface area contributed by atoms with Gasteiger partial charge in [-0.15, -0.1) is 0 Å². The molecule has 1 N–H and O–H groups in total. The Labute approximate surface area is 206 Å². The van der Waals surface area contributed by atoms with Gasteiger partial charge < -0.3 is 29.0 Å². The maximum absolute atomic E-state index is 13.4. The van der Waals surface area contributed by atoms with E-state index in [1.807, 2.05) is 20.8 Å². The van der Waals surface area contributed by atoms with Gasteiger partial charge in [-0.3, -0.25) is 0 Å². The van der Waals surface area contributed by atoms with E-state index >= 15 is 0 Å². The van der Waals surface area contributed by atoms with Gasteiger partial charge in [0.2, 0.25) is 0 Å². The first kappa shape index (κ1) is 30.6. The molecule has 1 unspecified atom stereocenters. The quantitative estimate of drug-likeness (QED) is 0.328. The number of nitrogens with zero attached hydrogens (tertiary/aromatic N) is 1. The summed E-state index contributed by atoms with van der Waals surface area (Å²) in [5.41, 5.74) is 0.563. The third-order valence-corrected chi connectivity index (χ3v) is 4.84. The fourth-order valence-electron chi connectivity index (χ4n) is 2.79. The molecular weight excluding hydrogens is 464 g/mol. The number of carboxylic acids is 1. The molecule has 0 bridgehead atoms. The second-order valence-corrected chi connectivity index (χ2v) is 9.34. The van der Waals surface area contributed by atoms with Crippen molar-refractivity contribution in [3.8, 4) is 5.75 Å². The molecule has 200 valence electrons. The molecule has 0 heterocycles. The highest BCUT2D eigenvalue weighted by Gasteiger charge is 2.26. The third kappa shape index (κ3) is 13.3. The molecule has 1 rings (SSSR count). The zero-order chi connectivity index (χ0) is 26.5. The Hall–Kier alpha value is -2.46. The van der Waals surface area contributed by atoms with Gasteiger partial charge in [-0.05, 0) is 30.0 Å². The lowest BCUT2D eigenvalue weighted by Gasteiger charge is -2.25. The summed E-state index contributed by atoms with van der Waals surface area (Å²) in [5, 5.41) is 9.21. The standard InChI is InChI=1S/C25H39F2NO7/c1-6-25(26,27)18-32-14-12-28(23(31)35-17-24(3,4)5)13-15-34-20-10-8-19(9-11-20)16-21(22(29)30)33-7-2/h8-11,21H,6-7,12-18H2,1-5H3,(H,29,30). The number of ether oxygens (including phenoxy) is 4. The van der Waals surface area contributed by atoms with Gasteiger partial charge in [-0.2, -0.15) is 0 Å². The highest BCUT2D eigenvalue weighted by Crippen LogP contribution is 2.18. The number of carbonyl (C=O) groups is 2. The number of hydrogen-bond donors (Lipinski definition) is 1. The van der Waals surface area contributed by atoms with Gasteiger partial charge in [-0.25, -0.2) is 18.4 Å². The van der Waals surface area contributed by atoms with Gasteiger partial charge in [-0.1, -0.05) is 39.8 Å². The molecule has 1 aromatic carbocycles. The Kier molecular flexibility index (Phi) is 13.0. The van der Waals surface area contributed by atoms with Gasteiger partial charge in [0.15, 0.2) is 6.10 Å². The predicted molar refractivity (Wildman–Crippen MR) is 127 cm³/mol. The van der Waals surface area contributed by atoms with Crippen LogP contribution in [0.5, 0.6) is 5.75 Å². The molecule has 8 nitrogen and oxygen atoms in total. The third-order valence-electron chi connectivity index (χ3n) is 4.84. The molecule has 0 spiro atoms. The summed E-state index contributed by atoms with van der Waals surface area (Å²) in [5.74, 6) is -3.38. The molecule has 0 fully saturated rings. The number of carbonyl (C=O) groups excluding carboxylic acids is 1. The van der Waals surface area contributed by atoms with E-state index in [-0.39, 0.29) is 51.2 Å². The molecule has 0 saturated carbocycles. The first-order valence-corrected chi connectivity index (χ1v) is 11.8. The molecule has 1 atom stereocenters. The Morgan fingerprint density at radius 1 is 1.03 bits per heavy atom. The summed E-state index contributed by atoms with van der Waals surface area (Å²) in [6.45, 7) is 9.06. The van der Waals surface area contributed by atoms with Crippen LogP contribution in [-0.4, -0.2) is 80.2 Å². The summed E-state index contributed by atoms with van der Waals surface area (Å²) in [4.78, 5) is 25.1. The van der Waals surface area contributed by atoms with E-state index in [9.17, 15) is 23.5 Å². The van der Waals surface area contributed by atoms with E-state index in [1.54, 1.807) is 31.2 Å². The van der Waals surface area contributed by atoms with Gasteiger partial charge >= 0.3 is 12.1 Å². The first-order valence-electron chi connectivity index (χ1n) is 11.8. The van der Waals surface area contributed by atoms with Crippen LogP contribution in [0.15, 0.2) is 24.3 Å². The highest BCUT2D eigenvalue weighted by molar-refractivity contribution is 5.72. The lowest BCUT2D eigenvalue weighted by molar-refractivity contribution is -0.149. The van der Waals surface area contributed by atoms with Crippen LogP contribution in [0.4, 0.5) is 13.6 Å². The molecule has 1 aromatic rings. The fraction of sp³-hybridized carbons (Fsp3) is 0.680. The van der Waals surface area contributed by atoms with Crippen LogP contribution in [-0.2, 0) is 25.4 Å². The number of rotatable bonds is 16. The van der Waals surface area contributed by atoms with E-state index in [2.05, 4.69) is 0 Å². The summed E-state index contributed by atoms with van der Waals surface area (Å²) in [7, 11) is 0. The Bertz CT molecular complexity index is 766. The molecule has 1 amide bonds. The number of halogens is 2. The Balaban J connectivity index is 2.62. The maximum atomic E-state index is 13.4. The fourth-order valence-corrected chi connectivity index (χ4v) is 2.79. The minimum atomic E-state index is -2.90. The molecule has 0 aromatic heterocycles. The predicted octanol–water partition coefficient (Wildman–Crippen LogP) is 4.64. The molecular formula is C25H39F2NO7. The summed E-state index contributed by atoms with van der Waals surface area (Å²) < 4.78 is 48.1. The minimum absolute atomic E-state index is 0.0561. The molecule has 0 aliphatic heterocycles. The molecule has 0 aliphatic carbocycles. The van der Waals surface area contributed by atoms with Crippen molar-refractivity contribution in [2.24, 2.45) is 5.41 Å². The van der Waals surface area contributed by atoms with Crippen LogP contribution in [0.2, 0.25) is 0 Å². The van der Waals surface area contributed by atoms with Crippen molar-refractivity contribution in [3.05, 3.63) is 29.8 Å². The zero-order valence-corrected chi connectivity index (χ0v) is 21.4. The lowest BCUT2D eigenvalue weighted by atomic mass is 9.99. The Morgan fingerprint density at radius 2 is 1.66 bits per heavy atom. The van der Waals surface area contributed by atoms with Crippen molar-refractivity contribution in [3.63, 3.8) is 0 Å². The van der Waals surface area contributed by atoms with Crippen LogP contribution < -0.4 is 4.74 Å². The average molecular weight is 504 g/mol. The van der Waals surface area contributed by atoms with Gasteiger partial charge in [0.1, 0.15) is 19.0 Å². The molecule has 35 heavy (non-hydrogen) atoms. The van der Waals surface area contributed by atoms with E-state index in [4.69, 9.17) is 18.9 Å². The summed E-state index contributed by atoms with van der Waals surface area (Å²) in [6.07, 6.45) is -1.58. The highest BCUT2D eigenvalue weighted by atomic mass is 19.3. The van der Waals surface area contributed by atoms with Gasteiger partial charge in [0, 0.05) is 26.0 Å². The van der Waals surface area contributed by atoms with Crippen LogP contribution in [0.1, 0.15) is 46.6 Å². The van der Waals surface area contributed by atoms with Gasteiger partial charge in [0.25, 0.3) is 5.92 Å². The van der Waals surface area contributed by atoms with Crippen LogP contribution in [0.3, 0.4) is 0 Å². The molecule has 0 aliphatic rings. The SMILES string of the molecule is CCOC(Cc1ccc(OCCN(CCOCC(F)(F)CC)C(=O)OCC(C)(C)C)cc1)C(=O)O. The Morgan fingerprint density at radius 3 is 2.20 bits per heavy atom. The number of carboxylic acid groups (broad SMARTS) is 1. The summed E-state index contributed by atoms with van der Waals surface area (Å²) in [6, 6.07) is 6.92. The van der Waals surface area contributed by atoms with Crippen molar-refractivity contribution in [1.29, 1.82) is 0 Å². The van der Waals surface area contributed by atoms with Crippen molar-refractivity contribution < 1.29 is 42.4 Å². The van der Waals surface area contributed by atoms with Crippen molar-refractivity contribution >= 4 is 12.1 Å². The first-order chi connectivity index (χ1) is 16.4. The second kappa shape index (κ2) is 14.8. The maximum Gasteiger partial charge on any atom is 0.409 e.